The number of Topliss-reactive ketones (excluding diaryl/α,β-unsaturated/α-hetero) is 2. The fourth-order valence-electron chi connectivity index (χ4n) is 2.38. The molecular weight excluding hydrogens is 314 g/mol. The van der Waals surface area contributed by atoms with E-state index in [0.717, 1.165) is 25.7 Å². The highest BCUT2D eigenvalue weighted by Gasteiger charge is 2.08. The predicted octanol–water partition coefficient (Wildman–Crippen LogP) is 5.29. The van der Waals surface area contributed by atoms with Crippen molar-refractivity contribution in [2.24, 2.45) is 22.1 Å². The van der Waals surface area contributed by atoms with Crippen molar-refractivity contribution in [3.63, 3.8) is 0 Å². The van der Waals surface area contributed by atoms with Gasteiger partial charge in [-0.15, -0.1) is 0 Å². The van der Waals surface area contributed by atoms with Crippen molar-refractivity contribution in [1.29, 1.82) is 5.26 Å². The minimum absolute atomic E-state index is 0.236. The minimum atomic E-state index is 0.236. The topological polar surface area (TPSA) is 82.7 Å². The van der Waals surface area contributed by atoms with Crippen molar-refractivity contribution in [1.82, 2.24) is 0 Å². The van der Waals surface area contributed by atoms with Gasteiger partial charge in [-0.3, -0.25) is 9.59 Å². The molecule has 0 aromatic carbocycles. The summed E-state index contributed by atoms with van der Waals surface area (Å²) in [6, 6.07) is 2.06. The molecular formula is C20H35N3O2. The van der Waals surface area contributed by atoms with Crippen LogP contribution in [0.1, 0.15) is 85.0 Å². The van der Waals surface area contributed by atoms with E-state index in [9.17, 15) is 9.59 Å². The van der Waals surface area contributed by atoms with Gasteiger partial charge in [-0.2, -0.15) is 15.5 Å². The highest BCUT2D eigenvalue weighted by atomic mass is 16.1. The van der Waals surface area contributed by atoms with Gasteiger partial charge in [0.15, 0.2) is 0 Å². The van der Waals surface area contributed by atoms with E-state index in [1.165, 1.54) is 0 Å². The molecule has 2 atom stereocenters. The molecule has 0 aliphatic heterocycles. The van der Waals surface area contributed by atoms with Gasteiger partial charge < -0.3 is 0 Å². The molecule has 0 rings (SSSR count). The van der Waals surface area contributed by atoms with Crippen molar-refractivity contribution in [2.45, 2.75) is 85.0 Å². The van der Waals surface area contributed by atoms with Crippen molar-refractivity contribution < 1.29 is 9.59 Å². The zero-order valence-corrected chi connectivity index (χ0v) is 16.3. The molecule has 25 heavy (non-hydrogen) atoms. The standard InChI is InChI=1S/C20H35N3O2/c1-4-5-8-19(24)12-10-17(2)15-22-23-16-18(3)11-13-20(25)9-6-7-14-21/h17-18H,4-13,15-16H2,1-3H3. The number of azo groups is 1. The minimum Gasteiger partial charge on any atom is -0.300 e. The Morgan fingerprint density at radius 2 is 1.36 bits per heavy atom. The van der Waals surface area contributed by atoms with Gasteiger partial charge in [0.25, 0.3) is 0 Å². The lowest BCUT2D eigenvalue weighted by molar-refractivity contribution is -0.120. The Kier molecular flexibility index (Phi) is 14.9. The van der Waals surface area contributed by atoms with Gasteiger partial charge in [0.05, 0.1) is 19.2 Å². The fraction of sp³-hybridized carbons (Fsp3) is 0.850. The molecule has 0 radical (unpaired) electrons. The molecule has 142 valence electrons. The van der Waals surface area contributed by atoms with Gasteiger partial charge in [-0.1, -0.05) is 27.2 Å². The smallest absolute Gasteiger partial charge is 0.132 e. The summed E-state index contributed by atoms with van der Waals surface area (Å²) in [5.41, 5.74) is 0. The molecule has 0 saturated heterocycles. The van der Waals surface area contributed by atoms with Crippen LogP contribution < -0.4 is 0 Å². The molecule has 5 nitrogen and oxygen atoms in total. The molecule has 0 spiro atoms. The first-order chi connectivity index (χ1) is 12.0. The van der Waals surface area contributed by atoms with Crippen LogP contribution in [0.15, 0.2) is 10.2 Å². The maximum atomic E-state index is 11.6. The van der Waals surface area contributed by atoms with Crippen molar-refractivity contribution in [3.05, 3.63) is 0 Å². The summed E-state index contributed by atoms with van der Waals surface area (Å²) in [4.78, 5) is 23.3. The predicted molar refractivity (Wildman–Crippen MR) is 100 cm³/mol. The Bertz CT molecular complexity index is 441. The van der Waals surface area contributed by atoms with E-state index in [4.69, 9.17) is 5.26 Å². The van der Waals surface area contributed by atoms with Crippen LogP contribution in [0.25, 0.3) is 0 Å². The Labute approximate surface area is 153 Å². The lowest BCUT2D eigenvalue weighted by Crippen LogP contribution is -2.06. The van der Waals surface area contributed by atoms with Crippen molar-refractivity contribution >= 4 is 11.6 Å². The second kappa shape index (κ2) is 15.9. The number of hydrogen-bond acceptors (Lipinski definition) is 5. The first kappa shape index (κ1) is 23.4. The van der Waals surface area contributed by atoms with Crippen molar-refractivity contribution in [3.8, 4) is 6.07 Å². The fourth-order valence-corrected chi connectivity index (χ4v) is 2.38. The maximum absolute atomic E-state index is 11.6. The normalized spacial score (nSPS) is 13.5. The second-order valence-electron chi connectivity index (χ2n) is 7.13. The van der Waals surface area contributed by atoms with E-state index in [0.29, 0.717) is 69.2 Å². The Hall–Kier alpha value is -1.57. The first-order valence-corrected chi connectivity index (χ1v) is 9.73. The van der Waals surface area contributed by atoms with E-state index in [1.807, 2.05) is 0 Å². The van der Waals surface area contributed by atoms with E-state index in [2.05, 4.69) is 37.1 Å². The third kappa shape index (κ3) is 15.7. The van der Waals surface area contributed by atoms with Crippen LogP contribution in [0.3, 0.4) is 0 Å². The molecule has 0 aliphatic carbocycles. The summed E-state index contributed by atoms with van der Waals surface area (Å²) >= 11 is 0. The van der Waals surface area contributed by atoms with Gasteiger partial charge in [-0.05, 0) is 37.5 Å². The molecule has 0 bridgehead atoms. The lowest BCUT2D eigenvalue weighted by Gasteiger charge is -2.08. The summed E-state index contributed by atoms with van der Waals surface area (Å²) in [7, 11) is 0. The summed E-state index contributed by atoms with van der Waals surface area (Å²) in [6.45, 7) is 7.60. The molecule has 0 saturated carbocycles. The van der Waals surface area contributed by atoms with Crippen LogP contribution in [0.2, 0.25) is 0 Å². The largest absolute Gasteiger partial charge is 0.300 e. The molecule has 0 heterocycles. The van der Waals surface area contributed by atoms with Crippen LogP contribution in [0.4, 0.5) is 0 Å². The summed E-state index contributed by atoms with van der Waals surface area (Å²) < 4.78 is 0. The number of carbonyl (C=O) groups excluding carboxylic acids is 2. The number of ketones is 2. The van der Waals surface area contributed by atoms with Crippen LogP contribution in [-0.2, 0) is 9.59 Å². The van der Waals surface area contributed by atoms with E-state index in [1.54, 1.807) is 0 Å². The Morgan fingerprint density at radius 3 is 1.80 bits per heavy atom. The van der Waals surface area contributed by atoms with Crippen molar-refractivity contribution in [2.75, 3.05) is 13.1 Å². The molecule has 2 unspecified atom stereocenters. The SMILES string of the molecule is CCCCC(=O)CCC(C)CN=NCC(C)CCC(=O)CCCC#N. The number of rotatable bonds is 16. The van der Waals surface area contributed by atoms with Crippen LogP contribution in [-0.4, -0.2) is 24.7 Å². The summed E-state index contributed by atoms with van der Waals surface area (Å²) in [5, 5.41) is 16.9. The number of nitrogens with zero attached hydrogens (tertiary/aromatic N) is 3. The summed E-state index contributed by atoms with van der Waals surface area (Å²) in [5.74, 6) is 1.32. The maximum Gasteiger partial charge on any atom is 0.132 e. The molecule has 0 N–H and O–H groups in total. The van der Waals surface area contributed by atoms with Gasteiger partial charge in [0.2, 0.25) is 0 Å². The highest BCUT2D eigenvalue weighted by Crippen LogP contribution is 2.11. The quantitative estimate of drug-likeness (QED) is 0.280. The summed E-state index contributed by atoms with van der Waals surface area (Å²) in [6.07, 6.45) is 7.33. The monoisotopic (exact) mass is 349 g/mol. The first-order valence-electron chi connectivity index (χ1n) is 9.73. The molecule has 0 amide bonds. The zero-order valence-electron chi connectivity index (χ0n) is 16.3. The molecule has 0 aliphatic rings. The lowest BCUT2D eigenvalue weighted by atomic mass is 10.0. The number of hydrogen-bond donors (Lipinski definition) is 0. The van der Waals surface area contributed by atoms with Gasteiger partial charge >= 0.3 is 0 Å². The third-order valence-electron chi connectivity index (χ3n) is 4.27. The van der Waals surface area contributed by atoms with E-state index >= 15 is 0 Å². The van der Waals surface area contributed by atoms with Gasteiger partial charge in [0.1, 0.15) is 11.6 Å². The van der Waals surface area contributed by atoms with Crippen LogP contribution in [0.5, 0.6) is 0 Å². The number of unbranched alkanes of at least 4 members (excludes halogenated alkanes) is 2. The number of carbonyl (C=O) groups is 2. The van der Waals surface area contributed by atoms with Gasteiger partial charge in [0, 0.05) is 32.1 Å². The Morgan fingerprint density at radius 1 is 0.880 bits per heavy atom. The molecule has 5 heteroatoms. The van der Waals surface area contributed by atoms with Gasteiger partial charge in [-0.25, -0.2) is 0 Å². The Balaban J connectivity index is 3.73. The molecule has 0 aromatic heterocycles. The molecule has 0 fully saturated rings. The highest BCUT2D eigenvalue weighted by molar-refractivity contribution is 5.78. The third-order valence-corrected chi connectivity index (χ3v) is 4.27. The second-order valence-corrected chi connectivity index (χ2v) is 7.13. The zero-order chi connectivity index (χ0) is 18.9. The van der Waals surface area contributed by atoms with Crippen LogP contribution in [0, 0.1) is 23.2 Å². The van der Waals surface area contributed by atoms with E-state index in [-0.39, 0.29) is 5.78 Å². The number of nitriles is 1. The van der Waals surface area contributed by atoms with E-state index < -0.39 is 0 Å². The van der Waals surface area contributed by atoms with Crippen LogP contribution >= 0.6 is 0 Å². The average molecular weight is 350 g/mol. The average Bonchev–Trinajstić information content (AvgIpc) is 2.60. The molecule has 0 aromatic rings.